The van der Waals surface area contributed by atoms with Crippen molar-refractivity contribution in [3.05, 3.63) is 35.4 Å². The molecule has 0 aromatic heterocycles. The number of unbranched alkanes of at least 4 members (excludes halogenated alkanes) is 7. The van der Waals surface area contributed by atoms with E-state index in [0.29, 0.717) is 26.1 Å². The number of nitrogens with zero attached hydrogens (tertiary/aromatic N) is 2. The highest BCUT2D eigenvalue weighted by atomic mass is 16.2. The number of amides is 2. The summed E-state index contributed by atoms with van der Waals surface area (Å²) in [6.45, 7) is 14.6. The highest BCUT2D eigenvalue weighted by Crippen LogP contribution is 2.23. The summed E-state index contributed by atoms with van der Waals surface area (Å²) >= 11 is 0. The molecule has 0 aliphatic carbocycles. The lowest BCUT2D eigenvalue weighted by atomic mass is 9.87. The fourth-order valence-corrected chi connectivity index (χ4v) is 4.78. The van der Waals surface area contributed by atoms with Crippen molar-refractivity contribution in [3.63, 3.8) is 0 Å². The van der Waals surface area contributed by atoms with E-state index in [4.69, 9.17) is 0 Å². The molecule has 1 aliphatic rings. The minimum atomic E-state index is -0.396. The Kier molecular flexibility index (Phi) is 12.8. The second kappa shape index (κ2) is 15.3. The van der Waals surface area contributed by atoms with Gasteiger partial charge in [-0.1, -0.05) is 104 Å². The lowest BCUT2D eigenvalue weighted by molar-refractivity contribution is -0.144. The molecule has 1 N–H and O–H groups in total. The third-order valence-electron chi connectivity index (χ3n) is 7.14. The number of rotatable bonds is 14. The molecule has 5 nitrogen and oxygen atoms in total. The zero-order valence-electron chi connectivity index (χ0n) is 23.2. The van der Waals surface area contributed by atoms with E-state index in [0.717, 1.165) is 38.8 Å². The summed E-state index contributed by atoms with van der Waals surface area (Å²) in [5.74, 6) is 0.149. The van der Waals surface area contributed by atoms with Crippen LogP contribution >= 0.6 is 0 Å². The molecule has 2 rings (SSSR count). The van der Waals surface area contributed by atoms with Crippen molar-refractivity contribution < 1.29 is 9.59 Å². The molecular formula is C30H51N3O2. The maximum Gasteiger partial charge on any atom is 0.244 e. The van der Waals surface area contributed by atoms with Crippen molar-refractivity contribution in [3.8, 4) is 0 Å². The SMILES string of the molecule is CCCCCCCC(=O)N1CCN(Cc2ccc(C(C)(C)C)cc2)C[C@@H]1C(=O)NCCCCCC. The van der Waals surface area contributed by atoms with E-state index in [2.05, 4.69) is 69.1 Å². The molecule has 1 aromatic carbocycles. The third-order valence-corrected chi connectivity index (χ3v) is 7.14. The lowest BCUT2D eigenvalue weighted by Gasteiger charge is -2.40. The summed E-state index contributed by atoms with van der Waals surface area (Å²) in [6, 6.07) is 8.45. The van der Waals surface area contributed by atoms with Gasteiger partial charge in [-0.25, -0.2) is 0 Å². The highest BCUT2D eigenvalue weighted by Gasteiger charge is 2.34. The molecular weight excluding hydrogens is 434 g/mol. The molecule has 1 heterocycles. The molecule has 0 saturated carbocycles. The first-order valence-corrected chi connectivity index (χ1v) is 14.1. The van der Waals surface area contributed by atoms with Gasteiger partial charge in [-0.2, -0.15) is 0 Å². The van der Waals surface area contributed by atoms with Crippen LogP contribution in [0.5, 0.6) is 0 Å². The Hall–Kier alpha value is -1.88. The normalized spacial score (nSPS) is 16.9. The van der Waals surface area contributed by atoms with Crippen molar-refractivity contribution >= 4 is 11.8 Å². The minimum absolute atomic E-state index is 0.00797. The second-order valence-corrected chi connectivity index (χ2v) is 11.3. The van der Waals surface area contributed by atoms with Crippen molar-refractivity contribution in [1.82, 2.24) is 15.1 Å². The molecule has 0 spiro atoms. The van der Waals surface area contributed by atoms with Crippen LogP contribution in [0.1, 0.15) is 110 Å². The van der Waals surface area contributed by atoms with Crippen LogP contribution in [0.3, 0.4) is 0 Å². The van der Waals surface area contributed by atoms with Gasteiger partial charge in [0.2, 0.25) is 11.8 Å². The average molecular weight is 486 g/mol. The zero-order chi connectivity index (χ0) is 25.7. The number of hydrogen-bond acceptors (Lipinski definition) is 3. The van der Waals surface area contributed by atoms with E-state index in [-0.39, 0.29) is 17.2 Å². The van der Waals surface area contributed by atoms with Gasteiger partial charge in [-0.3, -0.25) is 14.5 Å². The predicted octanol–water partition coefficient (Wildman–Crippen LogP) is 6.05. The van der Waals surface area contributed by atoms with Gasteiger partial charge in [0.05, 0.1) is 0 Å². The Morgan fingerprint density at radius 1 is 0.886 bits per heavy atom. The number of nitrogens with one attached hydrogen (secondary N) is 1. The van der Waals surface area contributed by atoms with Gasteiger partial charge in [-0.05, 0) is 29.4 Å². The minimum Gasteiger partial charge on any atom is -0.354 e. The molecule has 0 radical (unpaired) electrons. The number of piperazine rings is 1. The largest absolute Gasteiger partial charge is 0.354 e. The molecule has 198 valence electrons. The summed E-state index contributed by atoms with van der Waals surface area (Å²) in [7, 11) is 0. The average Bonchev–Trinajstić information content (AvgIpc) is 2.83. The maximum atomic E-state index is 13.2. The van der Waals surface area contributed by atoms with Crippen molar-refractivity contribution in [2.45, 2.75) is 117 Å². The smallest absolute Gasteiger partial charge is 0.244 e. The van der Waals surface area contributed by atoms with Gasteiger partial charge in [0.1, 0.15) is 6.04 Å². The van der Waals surface area contributed by atoms with E-state index in [1.54, 1.807) is 0 Å². The van der Waals surface area contributed by atoms with Crippen molar-refractivity contribution in [1.29, 1.82) is 0 Å². The van der Waals surface area contributed by atoms with Crippen LogP contribution in [0.2, 0.25) is 0 Å². The summed E-state index contributed by atoms with van der Waals surface area (Å²) < 4.78 is 0. The second-order valence-electron chi connectivity index (χ2n) is 11.3. The molecule has 0 bridgehead atoms. The number of carbonyl (C=O) groups excluding carboxylic acids is 2. The van der Waals surface area contributed by atoms with Crippen LogP contribution in [-0.2, 0) is 21.5 Å². The molecule has 2 amide bonds. The van der Waals surface area contributed by atoms with E-state index in [1.165, 1.54) is 43.2 Å². The molecule has 35 heavy (non-hydrogen) atoms. The van der Waals surface area contributed by atoms with Crippen molar-refractivity contribution in [2.75, 3.05) is 26.2 Å². The Balaban J connectivity index is 1.99. The van der Waals surface area contributed by atoms with Gasteiger partial charge in [0.15, 0.2) is 0 Å². The first kappa shape index (κ1) is 29.4. The van der Waals surface area contributed by atoms with Gasteiger partial charge in [-0.15, -0.1) is 0 Å². The first-order chi connectivity index (χ1) is 16.8. The number of benzene rings is 1. The van der Waals surface area contributed by atoms with E-state index in [9.17, 15) is 9.59 Å². The zero-order valence-corrected chi connectivity index (χ0v) is 23.2. The standard InChI is InChI=1S/C30H51N3O2/c1-6-8-10-12-13-15-28(34)33-22-21-32(23-25-16-18-26(19-17-25)30(3,4)5)24-27(33)29(35)31-20-14-11-9-7-2/h16-19,27H,6-15,20-24H2,1-5H3,(H,31,35)/t27-/m1/s1. The molecule has 1 aromatic rings. The Bertz CT molecular complexity index is 754. The summed E-state index contributed by atoms with van der Waals surface area (Å²) in [5.41, 5.74) is 2.73. The fraction of sp³-hybridized carbons (Fsp3) is 0.733. The van der Waals surface area contributed by atoms with E-state index >= 15 is 0 Å². The maximum absolute atomic E-state index is 13.2. The van der Waals surface area contributed by atoms with Gasteiger partial charge >= 0.3 is 0 Å². The van der Waals surface area contributed by atoms with Gasteiger partial charge in [0.25, 0.3) is 0 Å². The summed E-state index contributed by atoms with van der Waals surface area (Å²) in [4.78, 5) is 30.5. The summed E-state index contributed by atoms with van der Waals surface area (Å²) in [6.07, 6.45) is 10.7. The fourth-order valence-electron chi connectivity index (χ4n) is 4.78. The molecule has 0 unspecified atom stereocenters. The Labute approximate surface area is 215 Å². The monoisotopic (exact) mass is 485 g/mol. The van der Waals surface area contributed by atoms with Crippen LogP contribution in [0.15, 0.2) is 24.3 Å². The number of hydrogen-bond donors (Lipinski definition) is 1. The van der Waals surface area contributed by atoms with Crippen molar-refractivity contribution in [2.24, 2.45) is 0 Å². The molecule has 1 fully saturated rings. The predicted molar refractivity (Wildman–Crippen MR) is 146 cm³/mol. The van der Waals surface area contributed by atoms with Crippen LogP contribution in [0.4, 0.5) is 0 Å². The van der Waals surface area contributed by atoms with Crippen LogP contribution in [-0.4, -0.2) is 53.8 Å². The van der Waals surface area contributed by atoms with Gasteiger partial charge in [0, 0.05) is 39.1 Å². The highest BCUT2D eigenvalue weighted by molar-refractivity contribution is 5.88. The Morgan fingerprint density at radius 3 is 2.14 bits per heavy atom. The summed E-state index contributed by atoms with van der Waals surface area (Å²) in [5, 5.41) is 3.13. The Morgan fingerprint density at radius 2 is 1.51 bits per heavy atom. The number of carbonyl (C=O) groups is 2. The topological polar surface area (TPSA) is 52.7 Å². The third kappa shape index (κ3) is 10.3. The van der Waals surface area contributed by atoms with Crippen LogP contribution in [0, 0.1) is 0 Å². The first-order valence-electron chi connectivity index (χ1n) is 14.1. The molecule has 5 heteroatoms. The lowest BCUT2D eigenvalue weighted by Crippen LogP contribution is -2.60. The van der Waals surface area contributed by atoms with Crippen LogP contribution < -0.4 is 5.32 Å². The molecule has 1 aliphatic heterocycles. The van der Waals surface area contributed by atoms with Crippen LogP contribution in [0.25, 0.3) is 0 Å². The van der Waals surface area contributed by atoms with Gasteiger partial charge < -0.3 is 10.2 Å². The quantitative estimate of drug-likeness (QED) is 0.326. The molecule has 1 saturated heterocycles. The van der Waals surface area contributed by atoms with E-state index in [1.807, 2.05) is 4.90 Å². The van der Waals surface area contributed by atoms with E-state index < -0.39 is 6.04 Å². The molecule has 1 atom stereocenters.